The molecule has 1 aliphatic heterocycles. The van der Waals surface area contributed by atoms with Gasteiger partial charge in [0.2, 0.25) is 0 Å². The summed E-state index contributed by atoms with van der Waals surface area (Å²) in [5, 5.41) is 11.3. The van der Waals surface area contributed by atoms with Crippen LogP contribution in [0.5, 0.6) is 5.75 Å². The summed E-state index contributed by atoms with van der Waals surface area (Å²) < 4.78 is 10.3. The van der Waals surface area contributed by atoms with E-state index >= 15 is 0 Å². The molecule has 0 aromatic heterocycles. The topological polar surface area (TPSA) is 139 Å². The van der Waals surface area contributed by atoms with Gasteiger partial charge in [-0.2, -0.15) is 0 Å². The average molecular weight is 535 g/mol. The maximum atomic E-state index is 13.1. The van der Waals surface area contributed by atoms with E-state index in [0.29, 0.717) is 11.3 Å². The molecule has 0 saturated carbocycles. The molecule has 2 N–H and O–H groups in total. The first-order valence-electron chi connectivity index (χ1n) is 11.0. The van der Waals surface area contributed by atoms with Gasteiger partial charge in [-0.1, -0.05) is 29.8 Å². The summed E-state index contributed by atoms with van der Waals surface area (Å²) in [5.74, 6) is -3.01. The highest BCUT2D eigenvalue weighted by atomic mass is 35.5. The molecule has 0 atom stereocenters. The molecule has 4 rings (SSSR count). The summed E-state index contributed by atoms with van der Waals surface area (Å²) in [4.78, 5) is 61.4. The SMILES string of the molecule is COC(=O)c1ccc(N2C(=O)NC(=O)/C(=C\c3ccc(OCc4ccc(C(=O)O)cc4)c(Cl)c3)C2=O)cc1. The van der Waals surface area contributed by atoms with Crippen LogP contribution in [0.15, 0.2) is 72.3 Å². The van der Waals surface area contributed by atoms with E-state index < -0.39 is 29.8 Å². The van der Waals surface area contributed by atoms with Crippen molar-refractivity contribution >= 4 is 53.1 Å². The van der Waals surface area contributed by atoms with Gasteiger partial charge in [0.05, 0.1) is 28.9 Å². The highest BCUT2D eigenvalue weighted by Crippen LogP contribution is 2.28. The molecule has 1 aliphatic rings. The number of nitrogens with zero attached hydrogens (tertiary/aromatic N) is 1. The van der Waals surface area contributed by atoms with Crippen molar-refractivity contribution in [3.05, 3.63) is 99.6 Å². The second-order valence-corrected chi connectivity index (χ2v) is 8.38. The summed E-state index contributed by atoms with van der Waals surface area (Å²) in [7, 11) is 1.23. The second kappa shape index (κ2) is 11.0. The summed E-state index contributed by atoms with van der Waals surface area (Å²) >= 11 is 6.33. The van der Waals surface area contributed by atoms with Crippen molar-refractivity contribution < 1.29 is 38.6 Å². The van der Waals surface area contributed by atoms with Crippen molar-refractivity contribution in [3.63, 3.8) is 0 Å². The van der Waals surface area contributed by atoms with E-state index in [1.807, 2.05) is 0 Å². The minimum absolute atomic E-state index is 0.132. The molecule has 1 heterocycles. The number of hydrogen-bond acceptors (Lipinski definition) is 7. The lowest BCUT2D eigenvalue weighted by Crippen LogP contribution is -2.54. The number of hydrogen-bond donors (Lipinski definition) is 2. The van der Waals surface area contributed by atoms with Crippen LogP contribution < -0.4 is 15.0 Å². The maximum absolute atomic E-state index is 13.1. The Bertz CT molecular complexity index is 1480. The molecule has 3 aromatic carbocycles. The molecule has 3 aromatic rings. The van der Waals surface area contributed by atoms with Gasteiger partial charge in [-0.15, -0.1) is 0 Å². The number of nitrogens with one attached hydrogen (secondary N) is 1. The van der Waals surface area contributed by atoms with Crippen LogP contribution in [0.2, 0.25) is 5.02 Å². The number of rotatable bonds is 7. The molecule has 38 heavy (non-hydrogen) atoms. The number of barbiturate groups is 1. The molecule has 0 radical (unpaired) electrons. The van der Waals surface area contributed by atoms with Crippen LogP contribution >= 0.6 is 11.6 Å². The molecule has 10 nitrogen and oxygen atoms in total. The smallest absolute Gasteiger partial charge is 0.337 e. The minimum atomic E-state index is -1.03. The predicted octanol–water partition coefficient (Wildman–Crippen LogP) is 4.07. The molecule has 192 valence electrons. The van der Waals surface area contributed by atoms with Crippen LogP contribution in [-0.4, -0.2) is 42.0 Å². The molecule has 0 spiro atoms. The molecule has 0 unspecified atom stereocenters. The average Bonchev–Trinajstić information content (AvgIpc) is 2.90. The summed E-state index contributed by atoms with van der Waals surface area (Å²) in [5.41, 5.74) is 1.36. The number of anilines is 1. The molecule has 4 amide bonds. The number of imide groups is 2. The fourth-order valence-corrected chi connectivity index (χ4v) is 3.80. The van der Waals surface area contributed by atoms with E-state index in [2.05, 4.69) is 10.1 Å². The number of urea groups is 1. The predicted molar refractivity (Wildman–Crippen MR) is 136 cm³/mol. The fraction of sp³-hybridized carbons (Fsp3) is 0.0741. The Labute approximate surface area is 221 Å². The monoisotopic (exact) mass is 534 g/mol. The summed E-state index contributed by atoms with van der Waals surface area (Å²) in [6, 6.07) is 15.4. The number of carbonyl (C=O) groups is 5. The van der Waals surface area contributed by atoms with Gasteiger partial charge < -0.3 is 14.6 Å². The Morgan fingerprint density at radius 1 is 0.974 bits per heavy atom. The lowest BCUT2D eigenvalue weighted by Gasteiger charge is -2.26. The Hall–Kier alpha value is -4.96. The number of aromatic carboxylic acids is 1. The molecular weight excluding hydrogens is 516 g/mol. The van der Waals surface area contributed by atoms with Gasteiger partial charge in [-0.3, -0.25) is 14.9 Å². The van der Waals surface area contributed by atoms with E-state index in [4.69, 9.17) is 21.4 Å². The van der Waals surface area contributed by atoms with Gasteiger partial charge in [0.1, 0.15) is 17.9 Å². The zero-order valence-electron chi connectivity index (χ0n) is 19.8. The minimum Gasteiger partial charge on any atom is -0.487 e. The largest absolute Gasteiger partial charge is 0.487 e. The van der Waals surface area contributed by atoms with Gasteiger partial charge in [0.15, 0.2) is 0 Å². The van der Waals surface area contributed by atoms with Crippen molar-refractivity contribution in [1.29, 1.82) is 0 Å². The van der Waals surface area contributed by atoms with Crippen LogP contribution in [0.1, 0.15) is 31.8 Å². The second-order valence-electron chi connectivity index (χ2n) is 7.98. The van der Waals surface area contributed by atoms with Crippen molar-refractivity contribution in [2.75, 3.05) is 12.0 Å². The van der Waals surface area contributed by atoms with Gasteiger partial charge >= 0.3 is 18.0 Å². The molecule has 1 saturated heterocycles. The molecular formula is C27H19ClN2O8. The van der Waals surface area contributed by atoms with Crippen LogP contribution in [-0.2, 0) is 20.9 Å². The first-order valence-corrected chi connectivity index (χ1v) is 11.4. The number of carbonyl (C=O) groups excluding carboxylic acids is 4. The molecule has 11 heteroatoms. The number of ether oxygens (including phenoxy) is 2. The lowest BCUT2D eigenvalue weighted by atomic mass is 10.1. The highest BCUT2D eigenvalue weighted by molar-refractivity contribution is 6.39. The number of carboxylic acids is 1. The molecule has 0 bridgehead atoms. The maximum Gasteiger partial charge on any atom is 0.337 e. The number of esters is 1. The van der Waals surface area contributed by atoms with Crippen molar-refractivity contribution in [2.24, 2.45) is 0 Å². The quantitative estimate of drug-likeness (QED) is 0.263. The van der Waals surface area contributed by atoms with E-state index in [9.17, 15) is 24.0 Å². The number of halogens is 1. The number of amides is 4. The van der Waals surface area contributed by atoms with Gasteiger partial charge in [-0.05, 0) is 65.7 Å². The van der Waals surface area contributed by atoms with Gasteiger partial charge in [-0.25, -0.2) is 19.3 Å². The number of carboxylic acid groups (broad SMARTS) is 1. The Balaban J connectivity index is 1.52. The van der Waals surface area contributed by atoms with E-state index in [0.717, 1.165) is 10.5 Å². The van der Waals surface area contributed by atoms with E-state index in [1.54, 1.807) is 24.3 Å². The lowest BCUT2D eigenvalue weighted by molar-refractivity contribution is -0.122. The third-order valence-electron chi connectivity index (χ3n) is 5.51. The first-order chi connectivity index (χ1) is 18.2. The van der Waals surface area contributed by atoms with Crippen molar-refractivity contribution in [3.8, 4) is 5.75 Å². The Kier molecular flexibility index (Phi) is 7.54. The third kappa shape index (κ3) is 5.55. The zero-order chi connectivity index (χ0) is 27.4. The number of methoxy groups -OCH3 is 1. The van der Waals surface area contributed by atoms with Crippen LogP contribution in [0.3, 0.4) is 0 Å². The zero-order valence-corrected chi connectivity index (χ0v) is 20.5. The standard InChI is InChI=1S/C27H19ClN2O8/c1-37-26(35)18-7-9-19(10-8-18)30-24(32)20(23(31)29-27(30)36)12-16-4-11-22(21(28)13-16)38-14-15-2-5-17(6-3-15)25(33)34/h2-13H,14H2,1H3,(H,33,34)(H,29,31,36)/b20-12+. The fourth-order valence-electron chi connectivity index (χ4n) is 3.55. The third-order valence-corrected chi connectivity index (χ3v) is 5.81. The van der Waals surface area contributed by atoms with Crippen LogP contribution in [0.4, 0.5) is 10.5 Å². The van der Waals surface area contributed by atoms with Gasteiger partial charge in [0, 0.05) is 0 Å². The normalized spacial score (nSPS) is 14.3. The van der Waals surface area contributed by atoms with Crippen LogP contribution in [0, 0.1) is 0 Å². The molecule has 0 aliphatic carbocycles. The highest BCUT2D eigenvalue weighted by Gasteiger charge is 2.36. The van der Waals surface area contributed by atoms with Gasteiger partial charge in [0.25, 0.3) is 11.8 Å². The Morgan fingerprint density at radius 3 is 2.24 bits per heavy atom. The summed E-state index contributed by atoms with van der Waals surface area (Å²) in [6.45, 7) is 0.132. The van der Waals surface area contributed by atoms with Crippen molar-refractivity contribution in [1.82, 2.24) is 5.32 Å². The van der Waals surface area contributed by atoms with Crippen LogP contribution in [0.25, 0.3) is 6.08 Å². The van der Waals surface area contributed by atoms with E-state index in [-0.39, 0.29) is 34.0 Å². The first kappa shape index (κ1) is 26.1. The number of benzene rings is 3. The summed E-state index contributed by atoms with van der Waals surface area (Å²) in [6.07, 6.45) is 1.29. The molecule has 1 fully saturated rings. The Morgan fingerprint density at radius 2 is 1.63 bits per heavy atom. The van der Waals surface area contributed by atoms with E-state index in [1.165, 1.54) is 55.7 Å². The van der Waals surface area contributed by atoms with Crippen molar-refractivity contribution in [2.45, 2.75) is 6.61 Å².